The van der Waals surface area contributed by atoms with Gasteiger partial charge >= 0.3 is 0 Å². The van der Waals surface area contributed by atoms with Gasteiger partial charge in [0, 0.05) is 4.88 Å². The molecule has 1 aromatic heterocycles. The van der Waals surface area contributed by atoms with Gasteiger partial charge in [0.25, 0.3) is 0 Å². The molecule has 3 heteroatoms. The van der Waals surface area contributed by atoms with Crippen molar-refractivity contribution in [3.05, 3.63) is 46.5 Å². The molecule has 0 unspecified atom stereocenters. The van der Waals surface area contributed by atoms with Crippen molar-refractivity contribution < 1.29 is 0 Å². The molecule has 0 amide bonds. The molecule has 0 aliphatic rings. The standard InChI is InChI=1S/C12H14N2S/c1-9-11(15-12(13)14-9)8-7-10-5-3-2-4-6-10/h2-6H,7-8H2,1H3,(H2,13,14). The first-order chi connectivity index (χ1) is 7.25. The Labute approximate surface area is 93.8 Å². The number of hydrogen-bond acceptors (Lipinski definition) is 3. The maximum atomic E-state index is 5.66. The van der Waals surface area contributed by atoms with E-state index in [4.69, 9.17) is 5.73 Å². The second kappa shape index (κ2) is 4.45. The van der Waals surface area contributed by atoms with E-state index in [0.29, 0.717) is 5.13 Å². The van der Waals surface area contributed by atoms with Crippen molar-refractivity contribution in [1.82, 2.24) is 4.98 Å². The zero-order chi connectivity index (χ0) is 10.7. The average Bonchev–Trinajstić information content (AvgIpc) is 2.56. The molecule has 1 aromatic carbocycles. The highest BCUT2D eigenvalue weighted by molar-refractivity contribution is 7.15. The van der Waals surface area contributed by atoms with Crippen LogP contribution in [0.1, 0.15) is 16.1 Å². The van der Waals surface area contributed by atoms with Gasteiger partial charge in [-0.2, -0.15) is 0 Å². The molecular formula is C12H14N2S. The lowest BCUT2D eigenvalue weighted by Crippen LogP contribution is -1.90. The fraction of sp³-hybridized carbons (Fsp3) is 0.250. The summed E-state index contributed by atoms with van der Waals surface area (Å²) in [5.41, 5.74) is 8.10. The van der Waals surface area contributed by atoms with Gasteiger partial charge in [0.2, 0.25) is 0 Å². The van der Waals surface area contributed by atoms with Crippen molar-refractivity contribution in [3.63, 3.8) is 0 Å². The maximum Gasteiger partial charge on any atom is 0.180 e. The molecule has 0 spiro atoms. The monoisotopic (exact) mass is 218 g/mol. The molecule has 2 aromatic rings. The average molecular weight is 218 g/mol. The van der Waals surface area contributed by atoms with Crippen LogP contribution in [0.15, 0.2) is 30.3 Å². The first kappa shape index (κ1) is 10.2. The largest absolute Gasteiger partial charge is 0.375 e. The van der Waals surface area contributed by atoms with E-state index in [1.165, 1.54) is 10.4 Å². The summed E-state index contributed by atoms with van der Waals surface area (Å²) in [6, 6.07) is 10.5. The van der Waals surface area contributed by atoms with Crippen LogP contribution in [-0.4, -0.2) is 4.98 Å². The normalized spacial score (nSPS) is 10.5. The Bertz CT molecular complexity index is 434. The van der Waals surface area contributed by atoms with Gasteiger partial charge in [0.05, 0.1) is 5.69 Å². The van der Waals surface area contributed by atoms with Gasteiger partial charge in [0.1, 0.15) is 0 Å². The number of nitrogens with zero attached hydrogens (tertiary/aromatic N) is 1. The summed E-state index contributed by atoms with van der Waals surface area (Å²) in [5, 5.41) is 0.676. The third-order valence-electron chi connectivity index (χ3n) is 2.39. The lowest BCUT2D eigenvalue weighted by Gasteiger charge is -1.99. The zero-order valence-corrected chi connectivity index (χ0v) is 9.55. The summed E-state index contributed by atoms with van der Waals surface area (Å²) in [6.07, 6.45) is 2.09. The Morgan fingerprint density at radius 3 is 2.53 bits per heavy atom. The fourth-order valence-corrected chi connectivity index (χ4v) is 2.42. The number of anilines is 1. The Morgan fingerprint density at radius 2 is 1.93 bits per heavy atom. The van der Waals surface area contributed by atoms with E-state index in [2.05, 4.69) is 29.2 Å². The molecule has 2 rings (SSSR count). The highest BCUT2D eigenvalue weighted by atomic mass is 32.1. The number of thiazole rings is 1. The van der Waals surface area contributed by atoms with E-state index >= 15 is 0 Å². The zero-order valence-electron chi connectivity index (χ0n) is 8.73. The molecular weight excluding hydrogens is 204 g/mol. The van der Waals surface area contributed by atoms with E-state index in [1.807, 2.05) is 13.0 Å². The summed E-state index contributed by atoms with van der Waals surface area (Å²) in [4.78, 5) is 5.52. The first-order valence-electron chi connectivity index (χ1n) is 5.01. The highest BCUT2D eigenvalue weighted by Gasteiger charge is 2.04. The van der Waals surface area contributed by atoms with Crippen LogP contribution >= 0.6 is 11.3 Å². The molecule has 2 nitrogen and oxygen atoms in total. The molecule has 0 aliphatic carbocycles. The van der Waals surface area contributed by atoms with E-state index in [1.54, 1.807) is 11.3 Å². The Kier molecular flexibility index (Phi) is 3.02. The van der Waals surface area contributed by atoms with E-state index < -0.39 is 0 Å². The summed E-state index contributed by atoms with van der Waals surface area (Å²) < 4.78 is 0. The summed E-state index contributed by atoms with van der Waals surface area (Å²) >= 11 is 1.60. The van der Waals surface area contributed by atoms with Crippen molar-refractivity contribution >= 4 is 16.5 Å². The maximum absolute atomic E-state index is 5.66. The Hall–Kier alpha value is -1.35. The summed E-state index contributed by atoms with van der Waals surface area (Å²) in [5.74, 6) is 0. The van der Waals surface area contributed by atoms with Crippen LogP contribution in [0.2, 0.25) is 0 Å². The van der Waals surface area contributed by atoms with E-state index in [9.17, 15) is 0 Å². The van der Waals surface area contributed by atoms with Gasteiger partial charge in [-0.05, 0) is 25.3 Å². The molecule has 2 N–H and O–H groups in total. The molecule has 0 saturated carbocycles. The molecule has 78 valence electrons. The molecule has 0 radical (unpaired) electrons. The predicted octanol–water partition coefficient (Wildman–Crippen LogP) is 2.82. The van der Waals surface area contributed by atoms with Crippen LogP contribution in [0.3, 0.4) is 0 Å². The highest BCUT2D eigenvalue weighted by Crippen LogP contribution is 2.21. The second-order valence-corrected chi connectivity index (χ2v) is 4.66. The molecule has 0 fully saturated rings. The fourth-order valence-electron chi connectivity index (χ4n) is 1.59. The van der Waals surface area contributed by atoms with E-state index in [0.717, 1.165) is 18.5 Å². The molecule has 15 heavy (non-hydrogen) atoms. The van der Waals surface area contributed by atoms with Crippen LogP contribution < -0.4 is 5.73 Å². The van der Waals surface area contributed by atoms with Gasteiger partial charge in [-0.15, -0.1) is 11.3 Å². The summed E-state index contributed by atoms with van der Waals surface area (Å²) in [6.45, 7) is 2.02. The molecule has 0 bridgehead atoms. The van der Waals surface area contributed by atoms with Crippen molar-refractivity contribution in [1.29, 1.82) is 0 Å². The van der Waals surface area contributed by atoms with Gasteiger partial charge in [-0.3, -0.25) is 0 Å². The molecule has 0 saturated heterocycles. The van der Waals surface area contributed by atoms with Crippen LogP contribution in [0.4, 0.5) is 5.13 Å². The molecule has 0 aliphatic heterocycles. The lowest BCUT2D eigenvalue weighted by atomic mass is 10.1. The SMILES string of the molecule is Cc1nc(N)sc1CCc1ccccc1. The smallest absolute Gasteiger partial charge is 0.180 e. The minimum atomic E-state index is 0.676. The Morgan fingerprint density at radius 1 is 1.20 bits per heavy atom. The van der Waals surface area contributed by atoms with Gasteiger partial charge in [0.15, 0.2) is 5.13 Å². The third kappa shape index (κ3) is 2.57. The minimum absolute atomic E-state index is 0.676. The third-order valence-corrected chi connectivity index (χ3v) is 3.44. The number of nitrogens with two attached hydrogens (primary N) is 1. The van der Waals surface area contributed by atoms with Crippen molar-refractivity contribution in [2.45, 2.75) is 19.8 Å². The van der Waals surface area contributed by atoms with Gasteiger partial charge in [-0.1, -0.05) is 30.3 Å². The quantitative estimate of drug-likeness (QED) is 0.860. The molecule has 0 atom stereocenters. The number of benzene rings is 1. The van der Waals surface area contributed by atoms with Crippen LogP contribution in [0, 0.1) is 6.92 Å². The minimum Gasteiger partial charge on any atom is -0.375 e. The van der Waals surface area contributed by atoms with Crippen LogP contribution in [0.25, 0.3) is 0 Å². The number of aryl methyl sites for hydroxylation is 3. The van der Waals surface area contributed by atoms with Gasteiger partial charge in [-0.25, -0.2) is 4.98 Å². The van der Waals surface area contributed by atoms with Crippen LogP contribution in [0.5, 0.6) is 0 Å². The number of nitrogen functional groups attached to an aromatic ring is 1. The number of rotatable bonds is 3. The van der Waals surface area contributed by atoms with E-state index in [-0.39, 0.29) is 0 Å². The second-order valence-electron chi connectivity index (χ2n) is 3.55. The number of hydrogen-bond donors (Lipinski definition) is 1. The van der Waals surface area contributed by atoms with Gasteiger partial charge < -0.3 is 5.73 Å². The summed E-state index contributed by atoms with van der Waals surface area (Å²) in [7, 11) is 0. The van der Waals surface area contributed by atoms with Crippen molar-refractivity contribution in [3.8, 4) is 0 Å². The number of aromatic nitrogens is 1. The van der Waals surface area contributed by atoms with Crippen molar-refractivity contribution in [2.75, 3.05) is 5.73 Å². The first-order valence-corrected chi connectivity index (χ1v) is 5.83. The topological polar surface area (TPSA) is 38.9 Å². The predicted molar refractivity (Wildman–Crippen MR) is 65.1 cm³/mol. The Balaban J connectivity index is 2.02. The lowest BCUT2D eigenvalue weighted by molar-refractivity contribution is 0.962. The van der Waals surface area contributed by atoms with Crippen molar-refractivity contribution in [2.24, 2.45) is 0 Å². The van der Waals surface area contributed by atoms with Crippen LogP contribution in [-0.2, 0) is 12.8 Å². The molecule has 1 heterocycles.